The second-order valence-electron chi connectivity index (χ2n) is 6.32. The van der Waals surface area contributed by atoms with Gasteiger partial charge in [0.05, 0.1) is 5.71 Å². The number of rotatable bonds is 6. The van der Waals surface area contributed by atoms with Crippen LogP contribution in [-0.2, 0) is 5.75 Å². The standard InChI is InChI=1S/C21H20N6S/c1-15(18-12-11-17-9-5-6-10-19(17)13-18)23-24-20-25-26-21(27(20)22)28-14-16-7-3-2-4-8-16/h2-13H,14,22H2,1H3,(H,24,25)/b23-15+. The molecule has 1 aromatic heterocycles. The van der Waals surface area contributed by atoms with E-state index in [0.717, 1.165) is 17.0 Å². The normalized spacial score (nSPS) is 11.7. The molecule has 0 aliphatic heterocycles. The van der Waals surface area contributed by atoms with Crippen molar-refractivity contribution < 1.29 is 0 Å². The van der Waals surface area contributed by atoms with Gasteiger partial charge in [-0.25, -0.2) is 10.1 Å². The van der Waals surface area contributed by atoms with Crippen molar-refractivity contribution in [1.82, 2.24) is 14.9 Å². The quantitative estimate of drug-likeness (QED) is 0.223. The average molecular weight is 389 g/mol. The van der Waals surface area contributed by atoms with Gasteiger partial charge in [-0.05, 0) is 34.9 Å². The van der Waals surface area contributed by atoms with Crippen LogP contribution in [0.5, 0.6) is 0 Å². The monoisotopic (exact) mass is 388 g/mol. The molecule has 0 bridgehead atoms. The Morgan fingerprint density at radius 3 is 2.57 bits per heavy atom. The lowest BCUT2D eigenvalue weighted by Gasteiger charge is -2.05. The van der Waals surface area contributed by atoms with Gasteiger partial charge in [-0.15, -0.1) is 10.2 Å². The van der Waals surface area contributed by atoms with E-state index in [4.69, 9.17) is 5.84 Å². The molecule has 1 heterocycles. The minimum Gasteiger partial charge on any atom is -0.334 e. The summed E-state index contributed by atoms with van der Waals surface area (Å²) in [5.41, 5.74) is 6.00. The molecule has 7 heteroatoms. The number of thioether (sulfide) groups is 1. The lowest BCUT2D eigenvalue weighted by atomic mass is 10.0. The maximum absolute atomic E-state index is 6.11. The van der Waals surface area contributed by atoms with Crippen molar-refractivity contribution in [2.24, 2.45) is 5.10 Å². The van der Waals surface area contributed by atoms with Gasteiger partial charge in [-0.1, -0.05) is 78.5 Å². The summed E-state index contributed by atoms with van der Waals surface area (Å²) >= 11 is 1.53. The number of nitrogen functional groups attached to an aromatic ring is 1. The Kier molecular flexibility index (Phi) is 5.25. The van der Waals surface area contributed by atoms with E-state index < -0.39 is 0 Å². The van der Waals surface area contributed by atoms with Gasteiger partial charge in [0.1, 0.15) is 0 Å². The Hall–Kier alpha value is -3.32. The number of nitrogens with zero attached hydrogens (tertiary/aromatic N) is 4. The predicted octanol–water partition coefficient (Wildman–Crippen LogP) is 4.27. The lowest BCUT2D eigenvalue weighted by molar-refractivity contribution is 0.846. The first-order valence-electron chi connectivity index (χ1n) is 8.87. The highest BCUT2D eigenvalue weighted by molar-refractivity contribution is 7.98. The molecule has 0 radical (unpaired) electrons. The van der Waals surface area contributed by atoms with Crippen molar-refractivity contribution in [3.05, 3.63) is 83.9 Å². The summed E-state index contributed by atoms with van der Waals surface area (Å²) in [4.78, 5) is 0. The number of hydrogen-bond donors (Lipinski definition) is 2. The van der Waals surface area contributed by atoms with Crippen molar-refractivity contribution >= 4 is 34.2 Å². The summed E-state index contributed by atoms with van der Waals surface area (Å²) in [6.07, 6.45) is 0. The molecule has 140 valence electrons. The first kappa shape index (κ1) is 18.1. The Bertz CT molecular complexity index is 1120. The second kappa shape index (κ2) is 8.14. The summed E-state index contributed by atoms with van der Waals surface area (Å²) in [6.45, 7) is 1.94. The van der Waals surface area contributed by atoms with Crippen LogP contribution in [0, 0.1) is 0 Å². The molecule has 0 saturated carbocycles. The van der Waals surface area contributed by atoms with E-state index in [1.54, 1.807) is 0 Å². The highest BCUT2D eigenvalue weighted by atomic mass is 32.2. The molecule has 4 aromatic rings. The molecule has 3 aromatic carbocycles. The Morgan fingerprint density at radius 1 is 1.00 bits per heavy atom. The van der Waals surface area contributed by atoms with E-state index in [0.29, 0.717) is 11.1 Å². The SMILES string of the molecule is C/C(=N\Nc1nnc(SCc2ccccc2)n1N)c1ccc2ccccc2c1. The summed E-state index contributed by atoms with van der Waals surface area (Å²) < 4.78 is 1.42. The fourth-order valence-corrected chi connectivity index (χ4v) is 3.60. The largest absolute Gasteiger partial charge is 0.334 e. The Labute approximate surface area is 167 Å². The first-order valence-corrected chi connectivity index (χ1v) is 9.86. The minimum atomic E-state index is 0.399. The Balaban J connectivity index is 1.45. The third-order valence-corrected chi connectivity index (χ3v) is 5.38. The molecule has 0 saturated heterocycles. The van der Waals surface area contributed by atoms with E-state index >= 15 is 0 Å². The zero-order chi connectivity index (χ0) is 19.3. The van der Waals surface area contributed by atoms with Gasteiger partial charge < -0.3 is 5.84 Å². The molecule has 0 atom stereocenters. The van der Waals surface area contributed by atoms with Crippen LogP contribution in [0.4, 0.5) is 5.95 Å². The van der Waals surface area contributed by atoms with Crippen LogP contribution in [-0.4, -0.2) is 20.6 Å². The number of fused-ring (bicyclic) bond motifs is 1. The zero-order valence-electron chi connectivity index (χ0n) is 15.4. The van der Waals surface area contributed by atoms with Gasteiger partial charge in [-0.2, -0.15) is 5.10 Å². The topological polar surface area (TPSA) is 81.1 Å². The van der Waals surface area contributed by atoms with Crippen molar-refractivity contribution in [1.29, 1.82) is 0 Å². The van der Waals surface area contributed by atoms with Gasteiger partial charge in [0.15, 0.2) is 0 Å². The molecule has 0 spiro atoms. The number of hydrogen-bond acceptors (Lipinski definition) is 6. The van der Waals surface area contributed by atoms with Crippen LogP contribution in [0.1, 0.15) is 18.1 Å². The van der Waals surface area contributed by atoms with Crippen LogP contribution in [0.15, 0.2) is 83.1 Å². The first-order chi connectivity index (χ1) is 13.7. The number of hydrazone groups is 1. The molecule has 4 rings (SSSR count). The highest BCUT2D eigenvalue weighted by Gasteiger charge is 2.10. The maximum Gasteiger partial charge on any atom is 0.264 e. The smallest absolute Gasteiger partial charge is 0.264 e. The zero-order valence-corrected chi connectivity index (χ0v) is 16.2. The highest BCUT2D eigenvalue weighted by Crippen LogP contribution is 2.21. The molecule has 6 nitrogen and oxygen atoms in total. The molecule has 0 fully saturated rings. The average Bonchev–Trinajstić information content (AvgIpc) is 3.10. The predicted molar refractivity (Wildman–Crippen MR) is 116 cm³/mol. The number of nitrogens with two attached hydrogens (primary N) is 1. The second-order valence-corrected chi connectivity index (χ2v) is 7.26. The number of nitrogens with one attached hydrogen (secondary N) is 1. The van der Waals surface area contributed by atoms with E-state index in [1.165, 1.54) is 32.8 Å². The van der Waals surface area contributed by atoms with Crippen LogP contribution >= 0.6 is 11.8 Å². The number of anilines is 1. The van der Waals surface area contributed by atoms with Crippen molar-refractivity contribution in [2.45, 2.75) is 17.8 Å². The molecular weight excluding hydrogens is 368 g/mol. The number of benzene rings is 3. The molecule has 0 amide bonds. The van der Waals surface area contributed by atoms with Crippen molar-refractivity contribution in [3.63, 3.8) is 0 Å². The van der Waals surface area contributed by atoms with Gasteiger partial charge in [0.2, 0.25) is 5.16 Å². The molecule has 0 aliphatic carbocycles. The summed E-state index contributed by atoms with van der Waals surface area (Å²) in [6, 6.07) is 24.7. The molecular formula is C21H20N6S. The fraction of sp³-hybridized carbons (Fsp3) is 0.0952. The van der Waals surface area contributed by atoms with Gasteiger partial charge in [0, 0.05) is 5.75 Å². The third kappa shape index (κ3) is 3.99. The van der Waals surface area contributed by atoms with Crippen molar-refractivity contribution in [3.8, 4) is 0 Å². The van der Waals surface area contributed by atoms with Crippen LogP contribution < -0.4 is 11.3 Å². The molecule has 28 heavy (non-hydrogen) atoms. The van der Waals surface area contributed by atoms with E-state index in [-0.39, 0.29) is 0 Å². The number of aromatic nitrogens is 3. The lowest BCUT2D eigenvalue weighted by Crippen LogP contribution is -2.13. The third-order valence-electron chi connectivity index (χ3n) is 4.37. The van der Waals surface area contributed by atoms with Crippen molar-refractivity contribution in [2.75, 3.05) is 11.3 Å². The summed E-state index contributed by atoms with van der Waals surface area (Å²) in [5, 5.41) is 15.7. The van der Waals surface area contributed by atoms with Crippen LogP contribution in [0.2, 0.25) is 0 Å². The van der Waals surface area contributed by atoms with Gasteiger partial charge >= 0.3 is 0 Å². The summed E-state index contributed by atoms with van der Waals surface area (Å²) in [7, 11) is 0. The Morgan fingerprint density at radius 2 is 1.75 bits per heavy atom. The van der Waals surface area contributed by atoms with E-state index in [9.17, 15) is 0 Å². The van der Waals surface area contributed by atoms with Crippen LogP contribution in [0.25, 0.3) is 10.8 Å². The summed E-state index contributed by atoms with van der Waals surface area (Å²) in [5.74, 6) is 7.28. The maximum atomic E-state index is 6.11. The molecule has 3 N–H and O–H groups in total. The fourth-order valence-electron chi connectivity index (χ4n) is 2.79. The van der Waals surface area contributed by atoms with Gasteiger partial charge in [0.25, 0.3) is 5.95 Å². The minimum absolute atomic E-state index is 0.399. The van der Waals surface area contributed by atoms with E-state index in [1.807, 2.05) is 37.3 Å². The molecule has 0 unspecified atom stereocenters. The van der Waals surface area contributed by atoms with Crippen LogP contribution in [0.3, 0.4) is 0 Å². The molecule has 0 aliphatic rings. The van der Waals surface area contributed by atoms with E-state index in [2.05, 4.69) is 63.2 Å². The van der Waals surface area contributed by atoms with Gasteiger partial charge in [-0.3, -0.25) is 0 Å².